The number of carbonyl (C=O) groups is 2. The van der Waals surface area contributed by atoms with Crippen LogP contribution in [0.3, 0.4) is 0 Å². The highest BCUT2D eigenvalue weighted by Gasteiger charge is 2.25. The van der Waals surface area contributed by atoms with Crippen molar-refractivity contribution in [3.8, 4) is 0 Å². The number of benzene rings is 1. The van der Waals surface area contributed by atoms with Crippen molar-refractivity contribution in [2.24, 2.45) is 0 Å². The molecular formula is C20H26Cl3N3O2. The van der Waals surface area contributed by atoms with Crippen LogP contribution in [0.1, 0.15) is 43.9 Å². The van der Waals surface area contributed by atoms with E-state index < -0.39 is 0 Å². The van der Waals surface area contributed by atoms with Crippen molar-refractivity contribution in [3.63, 3.8) is 0 Å². The van der Waals surface area contributed by atoms with Crippen LogP contribution < -0.4 is 5.32 Å². The van der Waals surface area contributed by atoms with Gasteiger partial charge in [-0.15, -0.1) is 0 Å². The van der Waals surface area contributed by atoms with E-state index in [2.05, 4.69) is 17.3 Å². The highest BCUT2D eigenvalue weighted by atomic mass is 35.5. The average Bonchev–Trinajstić information content (AvgIpc) is 2.63. The molecule has 5 nitrogen and oxygen atoms in total. The van der Waals surface area contributed by atoms with Gasteiger partial charge in [-0.2, -0.15) is 0 Å². The third-order valence-electron chi connectivity index (χ3n) is 5.06. The van der Waals surface area contributed by atoms with Gasteiger partial charge in [-0.25, -0.2) is 4.79 Å². The number of urea groups is 1. The van der Waals surface area contributed by atoms with Gasteiger partial charge >= 0.3 is 6.03 Å². The van der Waals surface area contributed by atoms with Crippen molar-refractivity contribution in [1.82, 2.24) is 15.1 Å². The zero-order valence-corrected chi connectivity index (χ0v) is 18.8. The third-order valence-corrected chi connectivity index (χ3v) is 6.27. The van der Waals surface area contributed by atoms with Gasteiger partial charge in [0, 0.05) is 24.7 Å². The number of hydrogen-bond acceptors (Lipinski definition) is 3. The molecular weight excluding hydrogens is 421 g/mol. The minimum atomic E-state index is -0.337. The van der Waals surface area contributed by atoms with E-state index in [-0.39, 0.29) is 34.0 Å². The molecule has 8 heteroatoms. The number of allylic oxidation sites excluding steroid dienone is 1. The number of ketones is 1. The van der Waals surface area contributed by atoms with Crippen LogP contribution in [-0.2, 0) is 4.79 Å². The average molecular weight is 447 g/mol. The summed E-state index contributed by atoms with van der Waals surface area (Å²) < 4.78 is 0. The molecule has 0 radical (unpaired) electrons. The monoisotopic (exact) mass is 445 g/mol. The van der Waals surface area contributed by atoms with Crippen molar-refractivity contribution in [1.29, 1.82) is 0 Å². The summed E-state index contributed by atoms with van der Waals surface area (Å²) >= 11 is 18.9. The van der Waals surface area contributed by atoms with Crippen molar-refractivity contribution < 1.29 is 9.59 Å². The Labute approximate surface area is 181 Å². The summed E-state index contributed by atoms with van der Waals surface area (Å²) in [5, 5.41) is 3.77. The van der Waals surface area contributed by atoms with Gasteiger partial charge in [0.25, 0.3) is 0 Å². The van der Waals surface area contributed by atoms with Crippen LogP contribution in [0.5, 0.6) is 0 Å². The summed E-state index contributed by atoms with van der Waals surface area (Å²) in [4.78, 5) is 27.9. The van der Waals surface area contributed by atoms with Crippen LogP contribution >= 0.6 is 34.8 Å². The quantitative estimate of drug-likeness (QED) is 0.650. The minimum absolute atomic E-state index is 0.146. The van der Waals surface area contributed by atoms with Crippen molar-refractivity contribution in [2.75, 3.05) is 27.2 Å². The molecule has 0 saturated carbocycles. The lowest BCUT2D eigenvalue weighted by Crippen LogP contribution is -2.48. The standard InChI is InChI=1S/C20H26Cl3N3O2/c1-12(27)11-17(21)16-6-5-15(18(22)19(16)23)13(2)24-20(28)26(4)14-7-9-25(3)10-8-14/h5-6,11,13-14H,7-10H2,1-4H3,(H,24,28). The predicted octanol–water partition coefficient (Wildman–Crippen LogP) is 4.96. The highest BCUT2D eigenvalue weighted by Crippen LogP contribution is 2.37. The SMILES string of the molecule is CC(=O)C=C(Cl)c1ccc(C(C)NC(=O)N(C)C2CCN(C)CC2)c(Cl)c1Cl. The maximum atomic E-state index is 12.7. The van der Waals surface area contributed by atoms with Gasteiger partial charge in [-0.1, -0.05) is 46.9 Å². The Kier molecular flexibility index (Phi) is 8.19. The fourth-order valence-corrected chi connectivity index (χ4v) is 4.21. The van der Waals surface area contributed by atoms with Crippen LogP contribution in [0.15, 0.2) is 18.2 Å². The topological polar surface area (TPSA) is 52.7 Å². The van der Waals surface area contributed by atoms with E-state index >= 15 is 0 Å². The molecule has 1 fully saturated rings. The fraction of sp³-hybridized carbons (Fsp3) is 0.500. The molecule has 0 aromatic heterocycles. The zero-order chi connectivity index (χ0) is 21.0. The number of nitrogens with zero attached hydrogens (tertiary/aromatic N) is 2. The first-order chi connectivity index (χ1) is 13.1. The van der Waals surface area contributed by atoms with Crippen molar-refractivity contribution in [2.45, 2.75) is 38.8 Å². The van der Waals surface area contributed by atoms with Gasteiger partial charge in [0.1, 0.15) is 0 Å². The smallest absolute Gasteiger partial charge is 0.317 e. The number of amides is 2. The van der Waals surface area contributed by atoms with Crippen LogP contribution in [0.4, 0.5) is 4.79 Å². The lowest BCUT2D eigenvalue weighted by molar-refractivity contribution is -0.112. The Hall–Kier alpha value is -1.27. The molecule has 1 aliphatic rings. The summed E-state index contributed by atoms with van der Waals surface area (Å²) in [5.74, 6) is -0.182. The van der Waals surface area contributed by atoms with E-state index in [9.17, 15) is 9.59 Å². The second-order valence-corrected chi connectivity index (χ2v) is 8.41. The number of likely N-dealkylation sites (tertiary alicyclic amines) is 1. The van der Waals surface area contributed by atoms with Gasteiger partial charge in [0.05, 0.1) is 21.1 Å². The number of carbonyl (C=O) groups excluding carboxylic acids is 2. The van der Waals surface area contributed by atoms with Crippen LogP contribution in [0.25, 0.3) is 5.03 Å². The lowest BCUT2D eigenvalue weighted by Gasteiger charge is -2.35. The number of halogens is 3. The van der Waals surface area contributed by atoms with Crippen LogP contribution in [0.2, 0.25) is 10.0 Å². The molecule has 0 bridgehead atoms. The first-order valence-corrected chi connectivity index (χ1v) is 10.3. The van der Waals surface area contributed by atoms with Gasteiger partial charge < -0.3 is 15.1 Å². The van der Waals surface area contributed by atoms with E-state index in [1.165, 1.54) is 13.0 Å². The molecule has 2 amide bonds. The van der Waals surface area contributed by atoms with Crippen LogP contribution in [0, 0.1) is 0 Å². The molecule has 1 heterocycles. The van der Waals surface area contributed by atoms with Gasteiger partial charge in [-0.05, 0) is 52.4 Å². The molecule has 28 heavy (non-hydrogen) atoms. The molecule has 1 unspecified atom stereocenters. The summed E-state index contributed by atoms with van der Waals surface area (Å²) in [5.41, 5.74) is 1.17. The first-order valence-electron chi connectivity index (χ1n) is 9.19. The molecule has 154 valence electrons. The molecule has 1 aromatic rings. The molecule has 1 aromatic carbocycles. The van der Waals surface area contributed by atoms with E-state index in [0.29, 0.717) is 16.1 Å². The minimum Gasteiger partial charge on any atom is -0.331 e. The summed E-state index contributed by atoms with van der Waals surface area (Å²) in [6.45, 7) is 5.22. The largest absolute Gasteiger partial charge is 0.331 e. The Balaban J connectivity index is 2.11. The summed E-state index contributed by atoms with van der Waals surface area (Å²) in [7, 11) is 3.91. The van der Waals surface area contributed by atoms with E-state index in [1.807, 2.05) is 14.0 Å². The highest BCUT2D eigenvalue weighted by molar-refractivity contribution is 6.53. The Morgan fingerprint density at radius 2 is 1.86 bits per heavy atom. The van der Waals surface area contributed by atoms with Gasteiger partial charge in [0.2, 0.25) is 0 Å². The van der Waals surface area contributed by atoms with Crippen molar-refractivity contribution >= 4 is 51.6 Å². The zero-order valence-electron chi connectivity index (χ0n) is 16.6. The Morgan fingerprint density at radius 3 is 2.43 bits per heavy atom. The molecule has 0 aliphatic carbocycles. The maximum absolute atomic E-state index is 12.7. The van der Waals surface area contributed by atoms with Crippen LogP contribution in [-0.4, -0.2) is 54.8 Å². The van der Waals surface area contributed by atoms with Gasteiger partial charge in [0.15, 0.2) is 5.78 Å². The number of piperidine rings is 1. The number of rotatable bonds is 5. The molecule has 1 atom stereocenters. The Bertz CT molecular complexity index is 774. The molecule has 1 saturated heterocycles. The molecule has 1 aliphatic heterocycles. The fourth-order valence-electron chi connectivity index (χ4n) is 3.25. The summed E-state index contributed by atoms with van der Waals surface area (Å²) in [6, 6.07) is 3.21. The predicted molar refractivity (Wildman–Crippen MR) is 116 cm³/mol. The second kappa shape index (κ2) is 9.97. The summed E-state index contributed by atoms with van der Waals surface area (Å²) in [6.07, 6.45) is 3.20. The van der Waals surface area contributed by atoms with E-state index in [1.54, 1.807) is 17.0 Å². The normalized spacial score (nSPS) is 17.3. The van der Waals surface area contributed by atoms with Crippen molar-refractivity contribution in [3.05, 3.63) is 39.4 Å². The van der Waals surface area contributed by atoms with Gasteiger partial charge in [-0.3, -0.25) is 4.79 Å². The van der Waals surface area contributed by atoms with E-state index in [4.69, 9.17) is 34.8 Å². The third kappa shape index (κ3) is 5.63. The molecule has 1 N–H and O–H groups in total. The molecule has 0 spiro atoms. The Morgan fingerprint density at radius 1 is 1.25 bits per heavy atom. The second-order valence-electron chi connectivity index (χ2n) is 7.25. The first kappa shape index (κ1) is 23.0. The number of nitrogens with one attached hydrogen (secondary N) is 1. The maximum Gasteiger partial charge on any atom is 0.317 e. The van der Waals surface area contributed by atoms with E-state index in [0.717, 1.165) is 25.9 Å². The molecule has 2 rings (SSSR count). The number of hydrogen-bond donors (Lipinski definition) is 1. The lowest BCUT2D eigenvalue weighted by atomic mass is 10.0.